The van der Waals surface area contributed by atoms with Gasteiger partial charge in [-0.05, 0) is 20.8 Å². The minimum absolute atomic E-state index is 0.355. The SMILES string of the molecule is CC(C)(C)NC(=O)C1OC1C(=O)O. The van der Waals surface area contributed by atoms with Crippen LogP contribution in [0.25, 0.3) is 0 Å². The Morgan fingerprint density at radius 3 is 2.15 bits per heavy atom. The number of epoxide rings is 1. The van der Waals surface area contributed by atoms with Crippen molar-refractivity contribution >= 4 is 11.9 Å². The first-order valence-corrected chi connectivity index (χ1v) is 4.01. The average molecular weight is 187 g/mol. The van der Waals surface area contributed by atoms with Crippen molar-refractivity contribution in [3.63, 3.8) is 0 Å². The van der Waals surface area contributed by atoms with Crippen LogP contribution >= 0.6 is 0 Å². The van der Waals surface area contributed by atoms with Crippen molar-refractivity contribution in [1.29, 1.82) is 0 Å². The van der Waals surface area contributed by atoms with E-state index in [9.17, 15) is 9.59 Å². The van der Waals surface area contributed by atoms with Crippen molar-refractivity contribution in [3.8, 4) is 0 Å². The predicted molar refractivity (Wildman–Crippen MR) is 44.2 cm³/mol. The van der Waals surface area contributed by atoms with Crippen LogP contribution in [0.1, 0.15) is 20.8 Å². The third-order valence-electron chi connectivity index (χ3n) is 1.49. The van der Waals surface area contributed by atoms with Gasteiger partial charge in [0, 0.05) is 5.54 Å². The van der Waals surface area contributed by atoms with E-state index in [0.29, 0.717) is 0 Å². The second-order valence-corrected chi connectivity index (χ2v) is 4.05. The zero-order chi connectivity index (χ0) is 10.2. The Bertz CT molecular complexity index is 243. The van der Waals surface area contributed by atoms with Gasteiger partial charge in [-0.15, -0.1) is 0 Å². The molecule has 0 bridgehead atoms. The number of aliphatic carboxylic acids is 1. The number of ether oxygens (including phenoxy) is 1. The van der Waals surface area contributed by atoms with Gasteiger partial charge in [-0.3, -0.25) is 4.79 Å². The second-order valence-electron chi connectivity index (χ2n) is 4.05. The van der Waals surface area contributed by atoms with Crippen molar-refractivity contribution in [2.75, 3.05) is 0 Å². The van der Waals surface area contributed by atoms with Gasteiger partial charge in [0.2, 0.25) is 0 Å². The van der Waals surface area contributed by atoms with Crippen molar-refractivity contribution in [3.05, 3.63) is 0 Å². The quantitative estimate of drug-likeness (QED) is 0.584. The minimum atomic E-state index is -1.09. The number of nitrogens with one attached hydrogen (secondary N) is 1. The highest BCUT2D eigenvalue weighted by Crippen LogP contribution is 2.22. The lowest BCUT2D eigenvalue weighted by molar-refractivity contribution is -0.138. The molecule has 2 N–H and O–H groups in total. The average Bonchev–Trinajstić information content (AvgIpc) is 2.58. The van der Waals surface area contributed by atoms with Gasteiger partial charge >= 0.3 is 5.97 Å². The van der Waals surface area contributed by atoms with Crippen LogP contribution in [0.2, 0.25) is 0 Å². The van der Waals surface area contributed by atoms with Gasteiger partial charge in [-0.2, -0.15) is 0 Å². The van der Waals surface area contributed by atoms with Crippen LogP contribution in [0.5, 0.6) is 0 Å². The van der Waals surface area contributed by atoms with E-state index in [1.54, 1.807) is 0 Å². The zero-order valence-electron chi connectivity index (χ0n) is 7.83. The molecule has 0 radical (unpaired) electrons. The van der Waals surface area contributed by atoms with Crippen molar-refractivity contribution in [1.82, 2.24) is 5.32 Å². The molecule has 1 heterocycles. The second kappa shape index (κ2) is 2.99. The molecule has 1 aliphatic rings. The van der Waals surface area contributed by atoms with Crippen molar-refractivity contribution in [2.45, 2.75) is 38.5 Å². The zero-order valence-corrected chi connectivity index (χ0v) is 7.83. The summed E-state index contributed by atoms with van der Waals surface area (Å²) in [5.41, 5.74) is -0.355. The van der Waals surface area contributed by atoms with Crippen LogP contribution in [0.3, 0.4) is 0 Å². The largest absolute Gasteiger partial charge is 0.479 e. The van der Waals surface area contributed by atoms with E-state index in [1.165, 1.54) is 0 Å². The van der Waals surface area contributed by atoms with Crippen LogP contribution < -0.4 is 5.32 Å². The van der Waals surface area contributed by atoms with Gasteiger partial charge in [0.1, 0.15) is 0 Å². The molecule has 5 heteroatoms. The Morgan fingerprint density at radius 2 is 1.85 bits per heavy atom. The van der Waals surface area contributed by atoms with Gasteiger partial charge in [0.05, 0.1) is 0 Å². The fraction of sp³-hybridized carbons (Fsp3) is 0.750. The maximum Gasteiger partial charge on any atom is 0.336 e. The highest BCUT2D eigenvalue weighted by atomic mass is 16.6. The molecule has 1 fully saturated rings. The number of carbonyl (C=O) groups excluding carboxylic acids is 1. The van der Waals surface area contributed by atoms with Crippen LogP contribution in [-0.4, -0.2) is 34.7 Å². The van der Waals surface area contributed by atoms with Crippen molar-refractivity contribution < 1.29 is 19.4 Å². The monoisotopic (exact) mass is 187 g/mol. The number of amides is 1. The van der Waals surface area contributed by atoms with Gasteiger partial charge in [-0.25, -0.2) is 4.79 Å². The molecule has 0 aromatic rings. The molecule has 0 aliphatic carbocycles. The molecule has 0 aromatic heterocycles. The summed E-state index contributed by atoms with van der Waals surface area (Å²) in [6, 6.07) is 0. The fourth-order valence-corrected chi connectivity index (χ4v) is 0.940. The molecular weight excluding hydrogens is 174 g/mol. The summed E-state index contributed by atoms with van der Waals surface area (Å²) in [7, 11) is 0. The molecule has 74 valence electrons. The number of carboxylic acid groups (broad SMARTS) is 1. The molecule has 0 saturated carbocycles. The minimum Gasteiger partial charge on any atom is -0.479 e. The normalized spacial score (nSPS) is 26.7. The Hall–Kier alpha value is -1.10. The third-order valence-corrected chi connectivity index (χ3v) is 1.49. The molecule has 1 rings (SSSR count). The molecule has 2 unspecified atom stereocenters. The summed E-state index contributed by atoms with van der Waals surface area (Å²) >= 11 is 0. The maximum atomic E-state index is 11.2. The molecule has 2 atom stereocenters. The fourth-order valence-electron chi connectivity index (χ4n) is 0.940. The Morgan fingerprint density at radius 1 is 1.31 bits per heavy atom. The summed E-state index contributed by atoms with van der Waals surface area (Å²) in [5, 5.41) is 11.1. The van der Waals surface area contributed by atoms with Crippen LogP contribution in [-0.2, 0) is 14.3 Å². The Labute approximate surface area is 76.1 Å². The summed E-state index contributed by atoms with van der Waals surface area (Å²) in [6.45, 7) is 5.47. The Balaban J connectivity index is 2.40. The lowest BCUT2D eigenvalue weighted by atomic mass is 10.1. The number of hydrogen-bond acceptors (Lipinski definition) is 3. The first kappa shape index (κ1) is 9.98. The lowest BCUT2D eigenvalue weighted by Crippen LogP contribution is -2.43. The van der Waals surface area contributed by atoms with Crippen LogP contribution in [0.15, 0.2) is 0 Å². The van der Waals surface area contributed by atoms with E-state index in [1.807, 2.05) is 20.8 Å². The molecular formula is C8H13NO4. The van der Waals surface area contributed by atoms with Gasteiger partial charge in [0.15, 0.2) is 12.2 Å². The first-order valence-electron chi connectivity index (χ1n) is 4.01. The molecule has 0 spiro atoms. The van der Waals surface area contributed by atoms with E-state index in [-0.39, 0.29) is 11.4 Å². The van der Waals surface area contributed by atoms with Gasteiger partial charge in [0.25, 0.3) is 5.91 Å². The van der Waals surface area contributed by atoms with Crippen molar-refractivity contribution in [2.24, 2.45) is 0 Å². The third kappa shape index (κ3) is 2.69. The molecule has 1 amide bonds. The standard InChI is InChI=1S/C8H13NO4/c1-8(2,3)9-6(10)4-5(13-4)7(11)12/h4-5H,1-3H3,(H,9,10)(H,11,12). The molecule has 1 saturated heterocycles. The highest BCUT2D eigenvalue weighted by Gasteiger charge is 2.51. The van der Waals surface area contributed by atoms with Gasteiger partial charge < -0.3 is 15.2 Å². The first-order chi connectivity index (χ1) is 5.81. The van der Waals surface area contributed by atoms with E-state index in [2.05, 4.69) is 10.1 Å². The molecule has 5 nitrogen and oxygen atoms in total. The van der Waals surface area contributed by atoms with E-state index < -0.39 is 18.2 Å². The van der Waals surface area contributed by atoms with E-state index >= 15 is 0 Å². The molecule has 0 aromatic carbocycles. The molecule has 13 heavy (non-hydrogen) atoms. The Kier molecular flexibility index (Phi) is 2.30. The number of carbonyl (C=O) groups is 2. The number of rotatable bonds is 2. The number of hydrogen-bond donors (Lipinski definition) is 2. The highest BCUT2D eigenvalue weighted by molar-refractivity contribution is 5.92. The molecule has 1 aliphatic heterocycles. The van der Waals surface area contributed by atoms with Crippen LogP contribution in [0, 0.1) is 0 Å². The predicted octanol–water partition coefficient (Wildman–Crippen LogP) is -0.247. The number of carboxylic acids is 1. The van der Waals surface area contributed by atoms with E-state index in [4.69, 9.17) is 5.11 Å². The smallest absolute Gasteiger partial charge is 0.336 e. The summed E-state index contributed by atoms with van der Waals surface area (Å²) in [6.07, 6.45) is -1.76. The summed E-state index contributed by atoms with van der Waals surface area (Å²) in [4.78, 5) is 21.6. The van der Waals surface area contributed by atoms with Crippen LogP contribution in [0.4, 0.5) is 0 Å². The maximum absolute atomic E-state index is 11.2. The summed E-state index contributed by atoms with van der Waals surface area (Å²) in [5.74, 6) is -1.45. The van der Waals surface area contributed by atoms with Gasteiger partial charge in [-0.1, -0.05) is 0 Å². The summed E-state index contributed by atoms with van der Waals surface area (Å²) < 4.78 is 4.67. The topological polar surface area (TPSA) is 78.9 Å². The lowest BCUT2D eigenvalue weighted by Gasteiger charge is -2.19. The van der Waals surface area contributed by atoms with E-state index in [0.717, 1.165) is 0 Å².